The number of aryl methyl sites for hydroxylation is 2. The number of carbonyl (C=O) groups excluding carboxylic acids is 1. The van der Waals surface area contributed by atoms with Crippen LogP contribution in [0.2, 0.25) is 0 Å². The number of aromatic nitrogens is 1. The van der Waals surface area contributed by atoms with E-state index >= 15 is 0 Å². The van der Waals surface area contributed by atoms with Crippen LogP contribution in [0.25, 0.3) is 0 Å². The van der Waals surface area contributed by atoms with Crippen LogP contribution < -0.4 is 4.74 Å². The van der Waals surface area contributed by atoms with E-state index in [4.69, 9.17) is 4.74 Å². The molecule has 0 N–H and O–H groups in total. The van der Waals surface area contributed by atoms with Crippen LogP contribution >= 0.6 is 0 Å². The first-order valence-electron chi connectivity index (χ1n) is 5.69. The lowest BCUT2D eigenvalue weighted by molar-refractivity contribution is -0.119. The average Bonchev–Trinajstić information content (AvgIpc) is 2.26. The fourth-order valence-electron chi connectivity index (χ4n) is 1.62. The summed E-state index contributed by atoms with van der Waals surface area (Å²) in [6.07, 6.45) is 2.87. The Balaban J connectivity index is 2.59. The van der Waals surface area contributed by atoms with Crippen LogP contribution in [0.5, 0.6) is 5.75 Å². The van der Waals surface area contributed by atoms with Gasteiger partial charge in [0, 0.05) is 36.4 Å². The Morgan fingerprint density at radius 1 is 1.38 bits per heavy atom. The topological polar surface area (TPSA) is 39.2 Å². The molecule has 3 nitrogen and oxygen atoms in total. The van der Waals surface area contributed by atoms with Crippen molar-refractivity contribution in [1.82, 2.24) is 4.98 Å². The first kappa shape index (κ1) is 12.7. The Morgan fingerprint density at radius 3 is 2.75 bits per heavy atom. The first-order valence-corrected chi connectivity index (χ1v) is 5.69. The van der Waals surface area contributed by atoms with Gasteiger partial charge in [-0.25, -0.2) is 0 Å². The number of ketones is 1. The van der Waals surface area contributed by atoms with Crippen LogP contribution in [0.1, 0.15) is 37.6 Å². The van der Waals surface area contributed by atoms with Gasteiger partial charge in [0.15, 0.2) is 0 Å². The highest BCUT2D eigenvalue weighted by molar-refractivity contribution is 5.78. The van der Waals surface area contributed by atoms with Crippen LogP contribution in [0.3, 0.4) is 0 Å². The van der Waals surface area contributed by atoms with Gasteiger partial charge in [0.05, 0.1) is 7.11 Å². The van der Waals surface area contributed by atoms with Gasteiger partial charge in [-0.2, -0.15) is 0 Å². The standard InChI is InChI=1S/C13H19NO2/c1-4-5-12(15)7-6-11-9-13(16-3)8-10(2)14-11/h8-9H,4-7H2,1-3H3. The third-order valence-corrected chi connectivity index (χ3v) is 2.40. The summed E-state index contributed by atoms with van der Waals surface area (Å²) in [4.78, 5) is 15.8. The lowest BCUT2D eigenvalue weighted by atomic mass is 10.1. The number of methoxy groups -OCH3 is 1. The Morgan fingerprint density at radius 2 is 2.12 bits per heavy atom. The van der Waals surface area contributed by atoms with Crippen molar-refractivity contribution in [3.8, 4) is 5.75 Å². The summed E-state index contributed by atoms with van der Waals surface area (Å²) in [5.41, 5.74) is 1.86. The van der Waals surface area contributed by atoms with E-state index in [1.54, 1.807) is 7.11 Å². The van der Waals surface area contributed by atoms with Crippen molar-refractivity contribution in [2.75, 3.05) is 7.11 Å². The van der Waals surface area contributed by atoms with Crippen molar-refractivity contribution >= 4 is 5.78 Å². The van der Waals surface area contributed by atoms with Crippen molar-refractivity contribution in [2.45, 2.75) is 39.5 Å². The summed E-state index contributed by atoms with van der Waals surface area (Å²) < 4.78 is 5.17. The second-order valence-electron chi connectivity index (χ2n) is 3.93. The number of nitrogens with zero attached hydrogens (tertiary/aromatic N) is 1. The third-order valence-electron chi connectivity index (χ3n) is 2.40. The van der Waals surface area contributed by atoms with E-state index in [2.05, 4.69) is 4.98 Å². The van der Waals surface area contributed by atoms with Crippen molar-refractivity contribution in [3.63, 3.8) is 0 Å². The van der Waals surface area contributed by atoms with Crippen LogP contribution in [-0.4, -0.2) is 17.9 Å². The van der Waals surface area contributed by atoms with Gasteiger partial charge in [-0.3, -0.25) is 9.78 Å². The second kappa shape index (κ2) is 6.26. The zero-order chi connectivity index (χ0) is 12.0. The van der Waals surface area contributed by atoms with Crippen molar-refractivity contribution in [1.29, 1.82) is 0 Å². The highest BCUT2D eigenvalue weighted by Crippen LogP contribution is 2.14. The summed E-state index contributed by atoms with van der Waals surface area (Å²) in [5.74, 6) is 1.12. The highest BCUT2D eigenvalue weighted by Gasteiger charge is 2.04. The maximum absolute atomic E-state index is 11.4. The van der Waals surface area contributed by atoms with Gasteiger partial charge in [-0.15, -0.1) is 0 Å². The Labute approximate surface area is 96.8 Å². The van der Waals surface area contributed by atoms with Gasteiger partial charge in [-0.05, 0) is 19.8 Å². The maximum atomic E-state index is 11.4. The molecule has 0 spiro atoms. The van der Waals surface area contributed by atoms with Crippen LogP contribution in [0, 0.1) is 6.92 Å². The monoisotopic (exact) mass is 221 g/mol. The molecule has 0 atom stereocenters. The molecule has 16 heavy (non-hydrogen) atoms. The number of hydrogen-bond acceptors (Lipinski definition) is 3. The van der Waals surface area contributed by atoms with E-state index in [0.29, 0.717) is 25.0 Å². The number of Topliss-reactive ketones (excluding diaryl/α,β-unsaturated/α-hetero) is 1. The molecule has 88 valence electrons. The fraction of sp³-hybridized carbons (Fsp3) is 0.538. The third kappa shape index (κ3) is 4.01. The lowest BCUT2D eigenvalue weighted by Crippen LogP contribution is -2.01. The highest BCUT2D eigenvalue weighted by atomic mass is 16.5. The minimum Gasteiger partial charge on any atom is -0.497 e. The molecule has 0 saturated carbocycles. The summed E-state index contributed by atoms with van der Waals surface area (Å²) in [7, 11) is 1.64. The van der Waals surface area contributed by atoms with Gasteiger partial charge in [0.2, 0.25) is 0 Å². The zero-order valence-electron chi connectivity index (χ0n) is 10.2. The molecule has 3 heteroatoms. The van der Waals surface area contributed by atoms with Crippen LogP contribution in [0.15, 0.2) is 12.1 Å². The molecule has 1 rings (SSSR count). The summed E-state index contributed by atoms with van der Waals surface area (Å²) in [6, 6.07) is 3.78. The SMILES string of the molecule is CCCC(=O)CCc1cc(OC)cc(C)n1. The van der Waals surface area contributed by atoms with E-state index < -0.39 is 0 Å². The quantitative estimate of drug-likeness (QED) is 0.741. The Hall–Kier alpha value is -1.38. The normalized spacial score (nSPS) is 10.2. The molecule has 0 radical (unpaired) electrons. The molecule has 1 aromatic rings. The van der Waals surface area contributed by atoms with Gasteiger partial charge < -0.3 is 4.74 Å². The predicted octanol–water partition coefficient (Wildman–Crippen LogP) is 2.70. The minimum absolute atomic E-state index is 0.310. The van der Waals surface area contributed by atoms with Crippen LogP contribution in [-0.2, 0) is 11.2 Å². The van der Waals surface area contributed by atoms with Gasteiger partial charge in [0.1, 0.15) is 11.5 Å². The molecule has 0 aliphatic rings. The van der Waals surface area contributed by atoms with E-state index in [1.165, 1.54) is 0 Å². The van der Waals surface area contributed by atoms with Crippen molar-refractivity contribution < 1.29 is 9.53 Å². The zero-order valence-corrected chi connectivity index (χ0v) is 10.2. The summed E-state index contributed by atoms with van der Waals surface area (Å²) in [5, 5.41) is 0. The molecule has 0 aliphatic carbocycles. The number of pyridine rings is 1. The molecule has 1 aromatic heterocycles. The lowest BCUT2D eigenvalue weighted by Gasteiger charge is -2.05. The van der Waals surface area contributed by atoms with Crippen LogP contribution in [0.4, 0.5) is 0 Å². The largest absolute Gasteiger partial charge is 0.497 e. The first-order chi connectivity index (χ1) is 7.65. The maximum Gasteiger partial charge on any atom is 0.133 e. The van der Waals surface area contributed by atoms with Gasteiger partial charge in [0.25, 0.3) is 0 Å². The summed E-state index contributed by atoms with van der Waals surface area (Å²) >= 11 is 0. The fourth-order valence-corrected chi connectivity index (χ4v) is 1.62. The van der Waals surface area contributed by atoms with E-state index in [9.17, 15) is 4.79 Å². The number of rotatable bonds is 6. The molecular weight excluding hydrogens is 202 g/mol. The van der Waals surface area contributed by atoms with E-state index in [0.717, 1.165) is 23.6 Å². The number of hydrogen-bond donors (Lipinski definition) is 0. The van der Waals surface area contributed by atoms with E-state index in [-0.39, 0.29) is 0 Å². The molecular formula is C13H19NO2. The van der Waals surface area contributed by atoms with Crippen molar-refractivity contribution in [2.24, 2.45) is 0 Å². The summed E-state index contributed by atoms with van der Waals surface area (Å²) in [6.45, 7) is 3.95. The predicted molar refractivity (Wildman–Crippen MR) is 63.8 cm³/mol. The molecule has 0 amide bonds. The molecule has 1 heterocycles. The smallest absolute Gasteiger partial charge is 0.133 e. The van der Waals surface area contributed by atoms with Gasteiger partial charge >= 0.3 is 0 Å². The number of carbonyl (C=O) groups is 1. The molecule has 0 aromatic carbocycles. The molecule has 0 unspecified atom stereocenters. The molecule has 0 fully saturated rings. The average molecular weight is 221 g/mol. The Kier molecular flexibility index (Phi) is 4.96. The molecule has 0 bridgehead atoms. The van der Waals surface area contributed by atoms with Gasteiger partial charge in [-0.1, -0.05) is 6.92 Å². The molecule has 0 aliphatic heterocycles. The Bertz CT molecular complexity index is 361. The second-order valence-corrected chi connectivity index (χ2v) is 3.93. The number of ether oxygens (including phenoxy) is 1. The van der Waals surface area contributed by atoms with E-state index in [1.807, 2.05) is 26.0 Å². The minimum atomic E-state index is 0.310. The molecule has 0 saturated heterocycles. The van der Waals surface area contributed by atoms with Crippen molar-refractivity contribution in [3.05, 3.63) is 23.5 Å².